The Labute approximate surface area is 77.0 Å². The fourth-order valence-electron chi connectivity index (χ4n) is 0.253. The van der Waals surface area contributed by atoms with E-state index in [4.69, 9.17) is 4.79 Å². The molecule has 2 amide bonds. The van der Waals surface area contributed by atoms with E-state index >= 15 is 0 Å². The van der Waals surface area contributed by atoms with Crippen molar-refractivity contribution in [2.45, 2.75) is 0 Å². The third-order valence-corrected chi connectivity index (χ3v) is 0.478. The molecule has 1 aromatic heterocycles. The van der Waals surface area contributed by atoms with Crippen LogP contribution in [0.5, 0.6) is 0 Å². The second-order valence-corrected chi connectivity index (χ2v) is 1.31. The van der Waals surface area contributed by atoms with Gasteiger partial charge in [-0.3, -0.25) is 0 Å². The molecule has 1 rings (SSSR count). The van der Waals surface area contributed by atoms with Gasteiger partial charge in [0.05, 0.1) is 0 Å². The third kappa shape index (κ3) is 17.6. The van der Waals surface area contributed by atoms with Crippen LogP contribution >= 0.6 is 0 Å². The second-order valence-electron chi connectivity index (χ2n) is 1.31. The summed E-state index contributed by atoms with van der Waals surface area (Å²) in [5.41, 5.74) is 8.50. The summed E-state index contributed by atoms with van der Waals surface area (Å²) in [5.74, 6) is 0. The van der Waals surface area contributed by atoms with Crippen LogP contribution in [0, 0.1) is 0 Å². The zero-order valence-corrected chi connectivity index (χ0v) is 8.94. The van der Waals surface area contributed by atoms with Crippen molar-refractivity contribution in [1.82, 2.24) is 9.97 Å². The molecule has 0 radical (unpaired) electrons. The zero-order valence-electron chi connectivity index (χ0n) is 5.97. The van der Waals surface area contributed by atoms with Gasteiger partial charge in [-0.15, -0.1) is 0 Å². The summed E-state index contributed by atoms with van der Waals surface area (Å²) in [5, 5.41) is 0. The van der Waals surface area contributed by atoms with Crippen molar-refractivity contribution in [3.63, 3.8) is 0 Å². The van der Waals surface area contributed by atoms with Crippen LogP contribution in [0.4, 0.5) is 4.79 Å². The minimum absolute atomic E-state index is 0. The molecular weight excluding hydrogens is 197 g/mol. The Morgan fingerprint density at radius 3 is 1.64 bits per heavy atom. The van der Waals surface area contributed by atoms with Crippen LogP contribution in [0.15, 0.2) is 24.8 Å². The number of nitrogens with two attached hydrogens (primary N) is 2. The molecule has 0 aliphatic heterocycles. The van der Waals surface area contributed by atoms with Crippen LogP contribution in [-0.4, -0.2) is 16.0 Å². The summed E-state index contributed by atoms with van der Waals surface area (Å²) in [6.45, 7) is 0. The van der Waals surface area contributed by atoms with E-state index in [2.05, 4.69) is 21.4 Å². The summed E-state index contributed by atoms with van der Waals surface area (Å²) >= 11 is 0. The van der Waals surface area contributed by atoms with Gasteiger partial charge in [-0.25, -0.2) is 14.8 Å². The molecule has 1 heterocycles. The molecule has 0 aliphatic rings. The topological polar surface area (TPSA) is 94.9 Å². The van der Waals surface area contributed by atoms with E-state index in [9.17, 15) is 0 Å². The molecule has 5 nitrogen and oxygen atoms in total. The average molecular weight is 206 g/mol. The van der Waals surface area contributed by atoms with E-state index in [1.807, 2.05) is 0 Å². The van der Waals surface area contributed by atoms with Gasteiger partial charge < -0.3 is 11.5 Å². The molecule has 0 saturated heterocycles. The first-order valence-corrected chi connectivity index (χ1v) is 2.48. The Kier molecular flexibility index (Phi) is 10.3. The van der Waals surface area contributed by atoms with Crippen LogP contribution in [0.1, 0.15) is 0 Å². The molecule has 0 unspecified atom stereocenters. The van der Waals surface area contributed by atoms with Gasteiger partial charge in [0.1, 0.15) is 6.33 Å². The first kappa shape index (κ1) is 12.6. The Balaban J connectivity index is 0. The van der Waals surface area contributed by atoms with E-state index in [0.29, 0.717) is 0 Å². The summed E-state index contributed by atoms with van der Waals surface area (Å²) in [6, 6.07) is 0.944. The van der Waals surface area contributed by atoms with E-state index in [0.717, 1.165) is 0 Å². The molecular formula is C5H8N4OZn. The summed E-state index contributed by atoms with van der Waals surface area (Å²) < 4.78 is 0. The first-order valence-electron chi connectivity index (χ1n) is 2.48. The number of hydrogen-bond donors (Lipinski definition) is 2. The number of aromatic nitrogens is 2. The third-order valence-electron chi connectivity index (χ3n) is 0.478. The molecule has 0 atom stereocenters. The fourth-order valence-corrected chi connectivity index (χ4v) is 0.253. The predicted octanol–water partition coefficient (Wildman–Crippen LogP) is -0.502. The normalized spacial score (nSPS) is 6.55. The number of hydrogen-bond acceptors (Lipinski definition) is 3. The van der Waals surface area contributed by atoms with Crippen LogP contribution in [0.3, 0.4) is 0 Å². The largest absolute Gasteiger partial charge is 0.352 e. The van der Waals surface area contributed by atoms with Gasteiger partial charge in [-0.1, -0.05) is 0 Å². The standard InChI is InChI=1S/C4H4N2.CH4N2O.Zn/c1-2-5-4-6-3-1;2-1(3)4;/h1-4H;(H4,2,3,4);. The van der Waals surface area contributed by atoms with Crippen molar-refractivity contribution < 1.29 is 24.3 Å². The van der Waals surface area contributed by atoms with Crippen LogP contribution in [-0.2, 0) is 19.5 Å². The molecule has 6 heteroatoms. The number of urea groups is 1. The van der Waals surface area contributed by atoms with Gasteiger partial charge in [0.15, 0.2) is 0 Å². The number of carbonyl (C=O) groups excluding carboxylic acids is 1. The molecule has 1 aromatic rings. The van der Waals surface area contributed by atoms with Gasteiger partial charge in [0, 0.05) is 31.9 Å². The van der Waals surface area contributed by atoms with Crippen molar-refractivity contribution >= 4 is 6.03 Å². The van der Waals surface area contributed by atoms with Gasteiger partial charge in [0.25, 0.3) is 0 Å². The minimum atomic E-state index is -0.833. The number of amides is 2. The number of nitrogens with zero attached hydrogens (tertiary/aromatic N) is 2. The molecule has 0 spiro atoms. The van der Waals surface area contributed by atoms with Crippen LogP contribution < -0.4 is 11.5 Å². The molecule has 4 N–H and O–H groups in total. The molecule has 0 aromatic carbocycles. The van der Waals surface area contributed by atoms with E-state index in [1.54, 1.807) is 18.5 Å². The molecule has 11 heavy (non-hydrogen) atoms. The Bertz CT molecular complexity index is 150. The zero-order chi connectivity index (χ0) is 7.82. The number of carbonyl (C=O) groups is 1. The predicted molar refractivity (Wildman–Crippen MR) is 35.8 cm³/mol. The van der Waals surface area contributed by atoms with Crippen molar-refractivity contribution in [2.75, 3.05) is 0 Å². The summed E-state index contributed by atoms with van der Waals surface area (Å²) in [4.78, 5) is 16.3. The van der Waals surface area contributed by atoms with Crippen molar-refractivity contribution in [3.8, 4) is 0 Å². The van der Waals surface area contributed by atoms with Gasteiger partial charge in [-0.2, -0.15) is 0 Å². The molecule has 0 fully saturated rings. The first-order chi connectivity index (χ1) is 4.73. The molecule has 56 valence electrons. The average Bonchev–Trinajstić information content (AvgIpc) is 1.90. The summed E-state index contributed by atoms with van der Waals surface area (Å²) in [7, 11) is 0. The van der Waals surface area contributed by atoms with Crippen molar-refractivity contribution in [2.24, 2.45) is 11.5 Å². The summed E-state index contributed by atoms with van der Waals surface area (Å²) in [6.07, 6.45) is 4.88. The van der Waals surface area contributed by atoms with Gasteiger partial charge in [0.2, 0.25) is 0 Å². The Hall–Kier alpha value is -1.03. The van der Waals surface area contributed by atoms with Gasteiger partial charge >= 0.3 is 6.03 Å². The van der Waals surface area contributed by atoms with E-state index < -0.39 is 6.03 Å². The smallest absolute Gasteiger partial charge is 0.309 e. The van der Waals surface area contributed by atoms with E-state index in [1.165, 1.54) is 6.33 Å². The molecule has 0 bridgehead atoms. The van der Waals surface area contributed by atoms with Crippen LogP contribution in [0.2, 0.25) is 0 Å². The number of primary amides is 2. The van der Waals surface area contributed by atoms with Crippen molar-refractivity contribution in [1.29, 1.82) is 0 Å². The van der Waals surface area contributed by atoms with Crippen LogP contribution in [0.25, 0.3) is 0 Å². The molecule has 0 saturated carbocycles. The maximum atomic E-state index is 9.00. The fraction of sp³-hybridized carbons (Fsp3) is 0. The SMILES string of the molecule is NC(N)=O.[Zn].c1cncnc1. The monoisotopic (exact) mass is 204 g/mol. The Morgan fingerprint density at radius 2 is 1.55 bits per heavy atom. The molecule has 0 aliphatic carbocycles. The maximum absolute atomic E-state index is 9.00. The maximum Gasteiger partial charge on any atom is 0.309 e. The second kappa shape index (κ2) is 8.97. The van der Waals surface area contributed by atoms with Gasteiger partial charge in [-0.05, 0) is 6.07 Å². The van der Waals surface area contributed by atoms with Crippen molar-refractivity contribution in [3.05, 3.63) is 24.8 Å². The van der Waals surface area contributed by atoms with E-state index in [-0.39, 0.29) is 19.5 Å². The quantitative estimate of drug-likeness (QED) is 0.559. The Morgan fingerprint density at radius 1 is 1.18 bits per heavy atom. The number of rotatable bonds is 0. The minimum Gasteiger partial charge on any atom is -0.352 e.